The molecule has 1 aromatic heterocycles. The van der Waals surface area contributed by atoms with Crippen molar-refractivity contribution in [2.24, 2.45) is 17.8 Å². The summed E-state index contributed by atoms with van der Waals surface area (Å²) in [5, 5.41) is 4.27. The van der Waals surface area contributed by atoms with Gasteiger partial charge in [-0.05, 0) is 17.8 Å². The molecule has 1 rings (SSSR count). The van der Waals surface area contributed by atoms with Crippen LogP contribution in [-0.4, -0.2) is 20.6 Å². The maximum atomic E-state index is 5.98. The van der Waals surface area contributed by atoms with Crippen LogP contribution in [-0.2, 0) is 13.0 Å². The summed E-state index contributed by atoms with van der Waals surface area (Å²) in [4.78, 5) is 4.33. The van der Waals surface area contributed by atoms with Crippen LogP contribution >= 0.6 is 11.6 Å². The first-order valence-electron chi connectivity index (χ1n) is 5.97. The first-order chi connectivity index (χ1) is 7.54. The van der Waals surface area contributed by atoms with Crippen LogP contribution in [0, 0.1) is 17.8 Å². The zero-order valence-corrected chi connectivity index (χ0v) is 11.4. The molecule has 0 spiro atoms. The Hall–Kier alpha value is -0.570. The van der Waals surface area contributed by atoms with Gasteiger partial charge in [0.25, 0.3) is 0 Å². The van der Waals surface area contributed by atoms with Crippen LogP contribution in [0.1, 0.15) is 33.5 Å². The minimum atomic E-state index is 0.483. The van der Waals surface area contributed by atoms with Crippen molar-refractivity contribution in [1.29, 1.82) is 0 Å². The molecule has 0 saturated heterocycles. The number of aromatic nitrogens is 3. The molecular weight excluding hydrogens is 222 g/mol. The summed E-state index contributed by atoms with van der Waals surface area (Å²) in [6.07, 6.45) is 2.57. The van der Waals surface area contributed by atoms with Gasteiger partial charge < -0.3 is 0 Å². The highest BCUT2D eigenvalue weighted by Crippen LogP contribution is 2.17. The Kier molecular flexibility index (Phi) is 5.26. The fourth-order valence-electron chi connectivity index (χ4n) is 1.65. The van der Waals surface area contributed by atoms with E-state index in [9.17, 15) is 0 Å². The highest BCUT2D eigenvalue weighted by Gasteiger charge is 2.16. The summed E-state index contributed by atoms with van der Waals surface area (Å²) in [5.41, 5.74) is 0. The van der Waals surface area contributed by atoms with E-state index in [1.54, 1.807) is 6.33 Å². The third-order valence-corrected chi connectivity index (χ3v) is 3.22. The monoisotopic (exact) mass is 243 g/mol. The van der Waals surface area contributed by atoms with E-state index in [-0.39, 0.29) is 0 Å². The maximum absolute atomic E-state index is 5.98. The second-order valence-corrected chi connectivity index (χ2v) is 5.42. The highest BCUT2D eigenvalue weighted by molar-refractivity contribution is 6.18. The van der Waals surface area contributed by atoms with E-state index < -0.39 is 0 Å². The number of nitrogens with zero attached hydrogens (tertiary/aromatic N) is 3. The summed E-state index contributed by atoms with van der Waals surface area (Å²) in [7, 11) is 0. The Morgan fingerprint density at radius 3 is 2.50 bits per heavy atom. The topological polar surface area (TPSA) is 30.7 Å². The summed E-state index contributed by atoms with van der Waals surface area (Å²) in [5.74, 6) is 3.41. The van der Waals surface area contributed by atoms with Crippen molar-refractivity contribution in [3.05, 3.63) is 12.2 Å². The first kappa shape index (κ1) is 13.5. The molecule has 0 saturated carbocycles. The molecule has 1 unspecified atom stereocenters. The lowest BCUT2D eigenvalue weighted by molar-refractivity contribution is 0.391. The Morgan fingerprint density at radius 2 is 2.00 bits per heavy atom. The van der Waals surface area contributed by atoms with Gasteiger partial charge in [-0.2, -0.15) is 5.10 Å². The standard InChI is InChI=1S/C12H22ClN3/c1-9(2)7-16-12(14-8-15-16)5-11(6-13)10(3)4/h8-11H,5-7H2,1-4H3. The average Bonchev–Trinajstić information content (AvgIpc) is 2.60. The quantitative estimate of drug-likeness (QED) is 0.720. The fraction of sp³-hybridized carbons (Fsp3) is 0.833. The van der Waals surface area contributed by atoms with E-state index in [4.69, 9.17) is 11.6 Å². The summed E-state index contributed by atoms with van der Waals surface area (Å²) in [6, 6.07) is 0. The second-order valence-electron chi connectivity index (χ2n) is 5.11. The van der Waals surface area contributed by atoms with E-state index in [0.29, 0.717) is 23.6 Å². The molecule has 3 nitrogen and oxygen atoms in total. The minimum absolute atomic E-state index is 0.483. The molecule has 0 aliphatic heterocycles. The van der Waals surface area contributed by atoms with Crippen LogP contribution in [0.4, 0.5) is 0 Å². The molecule has 1 atom stereocenters. The SMILES string of the molecule is CC(C)Cn1ncnc1CC(CCl)C(C)C. The molecule has 0 aliphatic carbocycles. The van der Waals surface area contributed by atoms with Crippen LogP contribution in [0.15, 0.2) is 6.33 Å². The Bertz CT molecular complexity index is 307. The summed E-state index contributed by atoms with van der Waals surface area (Å²) < 4.78 is 2.01. The van der Waals surface area contributed by atoms with Gasteiger partial charge in [0.15, 0.2) is 0 Å². The Labute approximate surface area is 103 Å². The molecule has 0 aromatic carbocycles. The van der Waals surface area contributed by atoms with Crippen molar-refractivity contribution >= 4 is 11.6 Å². The van der Waals surface area contributed by atoms with E-state index in [0.717, 1.165) is 18.8 Å². The third kappa shape index (κ3) is 3.78. The molecule has 0 radical (unpaired) electrons. The van der Waals surface area contributed by atoms with Crippen LogP contribution in [0.25, 0.3) is 0 Å². The van der Waals surface area contributed by atoms with Crippen molar-refractivity contribution in [3.63, 3.8) is 0 Å². The number of hydrogen-bond acceptors (Lipinski definition) is 2. The molecule has 0 fully saturated rings. The van der Waals surface area contributed by atoms with Crippen LogP contribution < -0.4 is 0 Å². The van der Waals surface area contributed by atoms with Gasteiger partial charge >= 0.3 is 0 Å². The molecule has 16 heavy (non-hydrogen) atoms. The van der Waals surface area contributed by atoms with Crippen LogP contribution in [0.5, 0.6) is 0 Å². The van der Waals surface area contributed by atoms with Crippen molar-refractivity contribution < 1.29 is 0 Å². The van der Waals surface area contributed by atoms with Gasteiger partial charge in [0, 0.05) is 18.8 Å². The number of alkyl halides is 1. The van der Waals surface area contributed by atoms with Gasteiger partial charge in [-0.3, -0.25) is 0 Å². The lowest BCUT2D eigenvalue weighted by atomic mass is 9.94. The third-order valence-electron chi connectivity index (χ3n) is 2.82. The van der Waals surface area contributed by atoms with Gasteiger partial charge in [-0.15, -0.1) is 11.6 Å². The maximum Gasteiger partial charge on any atom is 0.138 e. The van der Waals surface area contributed by atoms with E-state index >= 15 is 0 Å². The molecule has 92 valence electrons. The van der Waals surface area contributed by atoms with Gasteiger partial charge in [0.1, 0.15) is 12.2 Å². The van der Waals surface area contributed by atoms with Crippen LogP contribution in [0.3, 0.4) is 0 Å². The molecule has 0 bridgehead atoms. The largest absolute Gasteiger partial charge is 0.250 e. The lowest BCUT2D eigenvalue weighted by Crippen LogP contribution is -2.18. The average molecular weight is 244 g/mol. The van der Waals surface area contributed by atoms with E-state index in [2.05, 4.69) is 37.8 Å². The molecule has 0 aliphatic rings. The van der Waals surface area contributed by atoms with Gasteiger partial charge in [0.05, 0.1) is 0 Å². The van der Waals surface area contributed by atoms with Crippen molar-refractivity contribution in [2.75, 3.05) is 5.88 Å². The molecule has 0 amide bonds. The smallest absolute Gasteiger partial charge is 0.138 e. The molecule has 1 heterocycles. The second kappa shape index (κ2) is 6.24. The molecule has 0 N–H and O–H groups in total. The van der Waals surface area contributed by atoms with E-state index in [1.165, 1.54) is 0 Å². The zero-order valence-electron chi connectivity index (χ0n) is 10.7. The molecule has 1 aromatic rings. The predicted molar refractivity (Wildman–Crippen MR) is 67.6 cm³/mol. The predicted octanol–water partition coefficient (Wildman–Crippen LogP) is 2.99. The van der Waals surface area contributed by atoms with E-state index in [1.807, 2.05) is 4.68 Å². The normalized spacial score (nSPS) is 13.7. The number of hydrogen-bond donors (Lipinski definition) is 0. The van der Waals surface area contributed by atoms with Gasteiger partial charge in [-0.1, -0.05) is 27.7 Å². The van der Waals surface area contributed by atoms with Crippen molar-refractivity contribution in [2.45, 2.75) is 40.7 Å². The van der Waals surface area contributed by atoms with Gasteiger partial charge in [0.2, 0.25) is 0 Å². The van der Waals surface area contributed by atoms with Crippen molar-refractivity contribution in [1.82, 2.24) is 14.8 Å². The van der Waals surface area contributed by atoms with Crippen molar-refractivity contribution in [3.8, 4) is 0 Å². The zero-order chi connectivity index (χ0) is 12.1. The Morgan fingerprint density at radius 1 is 1.31 bits per heavy atom. The first-order valence-corrected chi connectivity index (χ1v) is 6.50. The summed E-state index contributed by atoms with van der Waals surface area (Å²) >= 11 is 5.98. The van der Waals surface area contributed by atoms with Crippen LogP contribution in [0.2, 0.25) is 0 Å². The lowest BCUT2D eigenvalue weighted by Gasteiger charge is -2.18. The number of halogens is 1. The Balaban J connectivity index is 2.68. The molecular formula is C12H22ClN3. The minimum Gasteiger partial charge on any atom is -0.250 e. The highest BCUT2D eigenvalue weighted by atomic mass is 35.5. The summed E-state index contributed by atoms with van der Waals surface area (Å²) in [6.45, 7) is 9.72. The molecule has 4 heteroatoms. The van der Waals surface area contributed by atoms with Gasteiger partial charge in [-0.25, -0.2) is 9.67 Å². The fourth-order valence-corrected chi connectivity index (χ4v) is 2.11. The number of rotatable bonds is 6.